The predicted molar refractivity (Wildman–Crippen MR) is 81.0 cm³/mol. The highest BCUT2D eigenvalue weighted by molar-refractivity contribution is 7.92. The van der Waals surface area contributed by atoms with Crippen LogP contribution in [0.25, 0.3) is 0 Å². The van der Waals surface area contributed by atoms with Crippen LogP contribution in [0.3, 0.4) is 0 Å². The molecule has 0 radical (unpaired) electrons. The summed E-state index contributed by atoms with van der Waals surface area (Å²) in [5.41, 5.74) is 0.380. The maximum absolute atomic E-state index is 12.9. The van der Waals surface area contributed by atoms with Crippen molar-refractivity contribution in [3.05, 3.63) is 42.7 Å². The van der Waals surface area contributed by atoms with Crippen molar-refractivity contribution in [2.24, 2.45) is 0 Å². The Morgan fingerprint density at radius 2 is 2.00 bits per heavy atom. The average molecular weight is 314 g/mol. The summed E-state index contributed by atoms with van der Waals surface area (Å²) in [5.74, 6) is -0.599. The van der Waals surface area contributed by atoms with Crippen LogP contribution in [0.2, 0.25) is 0 Å². The minimum absolute atomic E-state index is 0.159. The quantitative estimate of drug-likeness (QED) is 0.742. The Morgan fingerprint density at radius 3 is 2.52 bits per heavy atom. The van der Waals surface area contributed by atoms with E-state index in [1.165, 1.54) is 24.3 Å². The maximum Gasteiger partial charge on any atom is 0.232 e. The molecule has 1 rings (SSSR count). The van der Waals surface area contributed by atoms with Crippen LogP contribution in [0.5, 0.6) is 0 Å². The second-order valence-electron chi connectivity index (χ2n) is 4.51. The number of amides is 1. The molecule has 5 nitrogen and oxygen atoms in total. The maximum atomic E-state index is 12.9. The molecule has 0 spiro atoms. The molecule has 21 heavy (non-hydrogen) atoms. The summed E-state index contributed by atoms with van der Waals surface area (Å²) in [6, 6.07) is 5.19. The van der Waals surface area contributed by atoms with Crippen LogP contribution in [0.15, 0.2) is 36.9 Å². The van der Waals surface area contributed by atoms with Gasteiger partial charge in [0, 0.05) is 19.5 Å². The molecule has 0 saturated heterocycles. The van der Waals surface area contributed by atoms with Crippen LogP contribution in [-0.4, -0.2) is 33.7 Å². The predicted octanol–water partition coefficient (Wildman–Crippen LogP) is 1.67. The Labute approximate surface area is 124 Å². The largest absolute Gasteiger partial charge is 0.353 e. The van der Waals surface area contributed by atoms with E-state index in [0.29, 0.717) is 18.7 Å². The van der Waals surface area contributed by atoms with Crippen LogP contribution < -0.4 is 9.62 Å². The van der Waals surface area contributed by atoms with Crippen molar-refractivity contribution in [2.75, 3.05) is 23.7 Å². The molecule has 0 bridgehead atoms. The molecule has 0 saturated carbocycles. The second-order valence-corrected chi connectivity index (χ2v) is 6.41. The van der Waals surface area contributed by atoms with Crippen LogP contribution in [-0.2, 0) is 14.8 Å². The van der Waals surface area contributed by atoms with E-state index in [2.05, 4.69) is 11.9 Å². The molecule has 0 heterocycles. The fourth-order valence-corrected chi connectivity index (χ4v) is 2.72. The lowest BCUT2D eigenvalue weighted by Crippen LogP contribution is -2.32. The number of hydrogen-bond acceptors (Lipinski definition) is 3. The molecule has 0 aliphatic rings. The van der Waals surface area contributed by atoms with E-state index >= 15 is 0 Å². The molecular weight excluding hydrogens is 295 g/mol. The third-order valence-corrected chi connectivity index (χ3v) is 3.92. The van der Waals surface area contributed by atoms with E-state index in [0.717, 1.165) is 10.6 Å². The van der Waals surface area contributed by atoms with Gasteiger partial charge in [-0.3, -0.25) is 9.10 Å². The van der Waals surface area contributed by atoms with Crippen LogP contribution in [0.4, 0.5) is 10.1 Å². The zero-order valence-electron chi connectivity index (χ0n) is 11.9. The summed E-state index contributed by atoms with van der Waals surface area (Å²) in [6.45, 7) is 4.03. The number of benzene rings is 1. The monoisotopic (exact) mass is 314 g/mol. The third kappa shape index (κ3) is 5.95. The van der Waals surface area contributed by atoms with Crippen molar-refractivity contribution < 1.29 is 17.6 Å². The number of nitrogens with one attached hydrogen (secondary N) is 1. The normalized spacial score (nSPS) is 11.0. The first-order valence-electron chi connectivity index (χ1n) is 6.45. The molecule has 1 aromatic carbocycles. The summed E-state index contributed by atoms with van der Waals surface area (Å²) in [7, 11) is -3.48. The smallest absolute Gasteiger partial charge is 0.232 e. The first-order chi connectivity index (χ1) is 9.84. The van der Waals surface area contributed by atoms with Gasteiger partial charge in [-0.25, -0.2) is 12.8 Å². The zero-order chi connectivity index (χ0) is 15.9. The van der Waals surface area contributed by atoms with Crippen molar-refractivity contribution in [1.82, 2.24) is 5.32 Å². The molecule has 1 aromatic rings. The fourth-order valence-electron chi connectivity index (χ4n) is 1.75. The molecule has 0 atom stereocenters. The molecule has 0 aliphatic heterocycles. The first-order valence-corrected chi connectivity index (χ1v) is 8.30. The Morgan fingerprint density at radius 1 is 1.38 bits per heavy atom. The van der Waals surface area contributed by atoms with E-state index in [1.54, 1.807) is 6.08 Å². The van der Waals surface area contributed by atoms with Crippen LogP contribution in [0.1, 0.15) is 12.8 Å². The highest BCUT2D eigenvalue weighted by Crippen LogP contribution is 2.18. The van der Waals surface area contributed by atoms with Gasteiger partial charge in [0.15, 0.2) is 0 Å². The van der Waals surface area contributed by atoms with E-state index in [-0.39, 0.29) is 18.9 Å². The molecule has 0 fully saturated rings. The topological polar surface area (TPSA) is 66.5 Å². The molecule has 1 amide bonds. The van der Waals surface area contributed by atoms with E-state index in [9.17, 15) is 17.6 Å². The molecule has 0 aromatic heterocycles. The Balaban J connectivity index is 2.66. The van der Waals surface area contributed by atoms with Gasteiger partial charge in [-0.1, -0.05) is 6.08 Å². The Bertz CT molecular complexity index is 585. The van der Waals surface area contributed by atoms with Gasteiger partial charge in [0.05, 0.1) is 11.9 Å². The van der Waals surface area contributed by atoms with E-state index in [1.807, 2.05) is 0 Å². The van der Waals surface area contributed by atoms with Crippen LogP contribution >= 0.6 is 0 Å². The number of hydrogen-bond donors (Lipinski definition) is 1. The van der Waals surface area contributed by atoms with Gasteiger partial charge in [0.1, 0.15) is 5.82 Å². The number of carbonyl (C=O) groups excluding carboxylic acids is 1. The third-order valence-electron chi connectivity index (χ3n) is 2.72. The van der Waals surface area contributed by atoms with Crippen molar-refractivity contribution in [1.29, 1.82) is 0 Å². The molecule has 116 valence electrons. The number of sulfonamides is 1. The van der Waals surface area contributed by atoms with Gasteiger partial charge in [-0.2, -0.15) is 0 Å². The molecular formula is C14H19FN2O3S. The van der Waals surface area contributed by atoms with Crippen LogP contribution in [0, 0.1) is 5.82 Å². The van der Waals surface area contributed by atoms with E-state index < -0.39 is 15.8 Å². The van der Waals surface area contributed by atoms with Crippen molar-refractivity contribution in [2.45, 2.75) is 12.8 Å². The van der Waals surface area contributed by atoms with Gasteiger partial charge in [0.2, 0.25) is 15.9 Å². The minimum atomic E-state index is -3.48. The van der Waals surface area contributed by atoms with Crippen molar-refractivity contribution in [3.63, 3.8) is 0 Å². The van der Waals surface area contributed by atoms with Gasteiger partial charge >= 0.3 is 0 Å². The van der Waals surface area contributed by atoms with Gasteiger partial charge < -0.3 is 5.32 Å². The molecule has 0 aliphatic carbocycles. The number of nitrogens with zero attached hydrogens (tertiary/aromatic N) is 1. The summed E-state index contributed by atoms with van der Waals surface area (Å²) in [6.07, 6.45) is 3.22. The summed E-state index contributed by atoms with van der Waals surface area (Å²) in [5, 5.41) is 2.62. The Kier molecular flexibility index (Phi) is 6.36. The summed E-state index contributed by atoms with van der Waals surface area (Å²) in [4.78, 5) is 11.4. The van der Waals surface area contributed by atoms with Crippen molar-refractivity contribution >= 4 is 21.6 Å². The highest BCUT2D eigenvalue weighted by atomic mass is 32.2. The lowest BCUT2D eigenvalue weighted by molar-refractivity contribution is -0.120. The number of carbonyl (C=O) groups is 1. The zero-order valence-corrected chi connectivity index (χ0v) is 12.7. The highest BCUT2D eigenvalue weighted by Gasteiger charge is 2.17. The molecule has 0 unspecified atom stereocenters. The molecule has 1 N–H and O–H groups in total. The number of anilines is 1. The van der Waals surface area contributed by atoms with Gasteiger partial charge in [0.25, 0.3) is 0 Å². The standard InChI is InChI=1S/C14H19FN2O3S/c1-3-10-16-14(18)5-4-11-17(21(2,19)20)13-8-6-12(15)7-9-13/h3,6-9H,1,4-5,10-11H2,2H3,(H,16,18). The average Bonchev–Trinajstić information content (AvgIpc) is 2.41. The SMILES string of the molecule is C=CCNC(=O)CCCN(c1ccc(F)cc1)S(C)(=O)=O. The lowest BCUT2D eigenvalue weighted by Gasteiger charge is -2.22. The first kappa shape index (κ1) is 17.2. The Hall–Kier alpha value is -1.89. The minimum Gasteiger partial charge on any atom is -0.353 e. The molecule has 7 heteroatoms. The van der Waals surface area contributed by atoms with E-state index in [4.69, 9.17) is 0 Å². The lowest BCUT2D eigenvalue weighted by atomic mass is 10.2. The summed E-state index contributed by atoms with van der Waals surface area (Å²) < 4.78 is 37.6. The van der Waals surface area contributed by atoms with Gasteiger partial charge in [-0.15, -0.1) is 6.58 Å². The number of rotatable bonds is 8. The number of halogens is 1. The van der Waals surface area contributed by atoms with Crippen molar-refractivity contribution in [3.8, 4) is 0 Å². The summed E-state index contributed by atoms with van der Waals surface area (Å²) >= 11 is 0. The fraction of sp³-hybridized carbons (Fsp3) is 0.357. The second kappa shape index (κ2) is 7.78. The van der Waals surface area contributed by atoms with Gasteiger partial charge in [-0.05, 0) is 30.7 Å².